The van der Waals surface area contributed by atoms with Gasteiger partial charge in [-0.15, -0.1) is 0 Å². The Morgan fingerprint density at radius 3 is 2.43 bits per heavy atom. The summed E-state index contributed by atoms with van der Waals surface area (Å²) in [6, 6.07) is 13.5. The largest absolute Gasteiger partial charge is 0.384 e. The zero-order valence-corrected chi connectivity index (χ0v) is 13.0. The average Bonchev–Trinajstić information content (AvgIpc) is 2.37. The van der Waals surface area contributed by atoms with Gasteiger partial charge >= 0.3 is 0 Å². The third-order valence-corrected chi connectivity index (χ3v) is 3.25. The van der Waals surface area contributed by atoms with E-state index < -0.39 is 0 Å². The Labute approximate surface area is 130 Å². The van der Waals surface area contributed by atoms with Crippen LogP contribution in [0.25, 0.3) is 0 Å². The van der Waals surface area contributed by atoms with Crippen LogP contribution < -0.4 is 10.6 Å². The van der Waals surface area contributed by atoms with Gasteiger partial charge in [-0.1, -0.05) is 23.7 Å². The first kappa shape index (κ1) is 15.4. The Bertz CT molecular complexity index is 620. The van der Waals surface area contributed by atoms with Gasteiger partial charge in [0.15, 0.2) is 0 Å². The second-order valence-corrected chi connectivity index (χ2v) is 5.55. The number of carbonyl (C=O) groups is 1. The molecule has 0 fully saturated rings. The Morgan fingerprint density at radius 1 is 1.05 bits per heavy atom. The van der Waals surface area contributed by atoms with Crippen molar-refractivity contribution in [3.63, 3.8) is 0 Å². The van der Waals surface area contributed by atoms with E-state index in [-0.39, 0.29) is 5.91 Å². The lowest BCUT2D eigenvalue weighted by atomic mass is 10.1. The lowest BCUT2D eigenvalue weighted by molar-refractivity contribution is -0.115. The highest BCUT2D eigenvalue weighted by Crippen LogP contribution is 2.15. The molecule has 3 nitrogen and oxygen atoms in total. The Hall–Kier alpha value is -2.00. The van der Waals surface area contributed by atoms with Gasteiger partial charge in [-0.25, -0.2) is 0 Å². The van der Waals surface area contributed by atoms with Gasteiger partial charge in [-0.2, -0.15) is 0 Å². The molecule has 110 valence electrons. The number of hydrogen-bond acceptors (Lipinski definition) is 2. The third kappa shape index (κ3) is 5.12. The van der Waals surface area contributed by atoms with Gasteiger partial charge < -0.3 is 10.6 Å². The maximum Gasteiger partial charge on any atom is 0.226 e. The molecule has 0 aromatic heterocycles. The smallest absolute Gasteiger partial charge is 0.226 e. The van der Waals surface area contributed by atoms with Crippen LogP contribution in [0.5, 0.6) is 0 Å². The summed E-state index contributed by atoms with van der Waals surface area (Å²) < 4.78 is 0. The molecule has 2 N–H and O–H groups in total. The highest BCUT2D eigenvalue weighted by atomic mass is 35.5. The molecule has 1 amide bonds. The van der Waals surface area contributed by atoms with E-state index in [1.807, 2.05) is 50.2 Å². The summed E-state index contributed by atoms with van der Waals surface area (Å²) in [6.07, 6.45) is 0.402. The molecule has 0 spiro atoms. The van der Waals surface area contributed by atoms with Crippen molar-refractivity contribution in [2.75, 3.05) is 17.2 Å². The number of carbonyl (C=O) groups excluding carboxylic acids is 1. The zero-order valence-electron chi connectivity index (χ0n) is 12.2. The molecule has 0 bridgehead atoms. The van der Waals surface area contributed by atoms with Crippen LogP contribution in [0.15, 0.2) is 42.5 Å². The average molecular weight is 303 g/mol. The molecule has 0 atom stereocenters. The highest BCUT2D eigenvalue weighted by molar-refractivity contribution is 6.30. The van der Waals surface area contributed by atoms with Crippen LogP contribution in [0.4, 0.5) is 11.4 Å². The molecule has 0 radical (unpaired) electrons. The number of nitrogens with one attached hydrogen (secondary N) is 2. The summed E-state index contributed by atoms with van der Waals surface area (Å²) >= 11 is 5.90. The van der Waals surface area contributed by atoms with E-state index in [9.17, 15) is 4.79 Å². The molecule has 2 aromatic carbocycles. The van der Waals surface area contributed by atoms with E-state index in [0.29, 0.717) is 18.0 Å². The SMILES string of the molecule is Cc1cc(C)cc(NC(=O)CCNc2cccc(Cl)c2)c1. The molecule has 0 aliphatic heterocycles. The fourth-order valence-corrected chi connectivity index (χ4v) is 2.38. The molecular formula is C17H19ClN2O. The summed E-state index contributed by atoms with van der Waals surface area (Å²) in [5.74, 6) is -0.00507. The first-order valence-electron chi connectivity index (χ1n) is 6.90. The van der Waals surface area contributed by atoms with Crippen LogP contribution in [0, 0.1) is 13.8 Å². The second kappa shape index (κ2) is 7.14. The molecule has 21 heavy (non-hydrogen) atoms. The van der Waals surface area contributed by atoms with Gasteiger partial charge in [0.25, 0.3) is 0 Å². The number of halogens is 1. The highest BCUT2D eigenvalue weighted by Gasteiger charge is 2.03. The number of aryl methyl sites for hydroxylation is 2. The molecule has 4 heteroatoms. The summed E-state index contributed by atoms with van der Waals surface area (Å²) in [4.78, 5) is 11.9. The summed E-state index contributed by atoms with van der Waals surface area (Å²) in [6.45, 7) is 4.60. The van der Waals surface area contributed by atoms with Gasteiger partial charge in [0.2, 0.25) is 5.91 Å². The topological polar surface area (TPSA) is 41.1 Å². The lowest BCUT2D eigenvalue weighted by Crippen LogP contribution is -2.16. The number of rotatable bonds is 5. The van der Waals surface area contributed by atoms with Crippen LogP contribution in [-0.4, -0.2) is 12.5 Å². The summed E-state index contributed by atoms with van der Waals surface area (Å²) in [5.41, 5.74) is 4.05. The van der Waals surface area contributed by atoms with Crippen molar-refractivity contribution in [3.8, 4) is 0 Å². The number of amides is 1. The number of hydrogen-bond donors (Lipinski definition) is 2. The van der Waals surface area contributed by atoms with Crippen molar-refractivity contribution in [1.82, 2.24) is 0 Å². The number of benzene rings is 2. The predicted molar refractivity (Wildman–Crippen MR) is 89.1 cm³/mol. The first-order chi connectivity index (χ1) is 10.0. The molecule has 0 aliphatic rings. The zero-order chi connectivity index (χ0) is 15.2. The van der Waals surface area contributed by atoms with Gasteiger partial charge in [0, 0.05) is 29.4 Å². The Balaban J connectivity index is 1.82. The van der Waals surface area contributed by atoms with Crippen LogP contribution in [-0.2, 0) is 4.79 Å². The van der Waals surface area contributed by atoms with Crippen LogP contribution in [0.3, 0.4) is 0 Å². The van der Waals surface area contributed by atoms with Crippen LogP contribution >= 0.6 is 11.6 Å². The van der Waals surface area contributed by atoms with Crippen LogP contribution in [0.2, 0.25) is 5.02 Å². The Morgan fingerprint density at radius 2 is 1.76 bits per heavy atom. The standard InChI is InChI=1S/C17H19ClN2O/c1-12-8-13(2)10-16(9-12)20-17(21)6-7-19-15-5-3-4-14(18)11-15/h3-5,8-11,19H,6-7H2,1-2H3,(H,20,21). The van der Waals surface area contributed by atoms with E-state index in [4.69, 9.17) is 11.6 Å². The normalized spacial score (nSPS) is 10.2. The third-order valence-electron chi connectivity index (χ3n) is 3.01. The fraction of sp³-hybridized carbons (Fsp3) is 0.235. The summed E-state index contributed by atoms with van der Waals surface area (Å²) in [5, 5.41) is 6.78. The molecule has 0 unspecified atom stereocenters. The van der Waals surface area contributed by atoms with Crippen molar-refractivity contribution in [2.45, 2.75) is 20.3 Å². The second-order valence-electron chi connectivity index (χ2n) is 5.11. The lowest BCUT2D eigenvalue weighted by Gasteiger charge is -2.09. The minimum absolute atomic E-state index is 0.00507. The van der Waals surface area contributed by atoms with Crippen molar-refractivity contribution in [1.29, 1.82) is 0 Å². The van der Waals surface area contributed by atoms with E-state index in [1.54, 1.807) is 0 Å². The molecule has 0 heterocycles. The maximum atomic E-state index is 11.9. The van der Waals surface area contributed by atoms with E-state index in [0.717, 1.165) is 22.5 Å². The van der Waals surface area contributed by atoms with Gasteiger partial charge in [0.1, 0.15) is 0 Å². The minimum atomic E-state index is -0.00507. The monoisotopic (exact) mass is 302 g/mol. The van der Waals surface area contributed by atoms with E-state index in [2.05, 4.69) is 16.7 Å². The maximum absolute atomic E-state index is 11.9. The molecule has 0 saturated heterocycles. The van der Waals surface area contributed by atoms with Crippen molar-refractivity contribution in [2.24, 2.45) is 0 Å². The van der Waals surface area contributed by atoms with Crippen molar-refractivity contribution < 1.29 is 4.79 Å². The van der Waals surface area contributed by atoms with Crippen LogP contribution in [0.1, 0.15) is 17.5 Å². The quantitative estimate of drug-likeness (QED) is 0.859. The number of anilines is 2. The molecule has 0 aliphatic carbocycles. The van der Waals surface area contributed by atoms with Crippen molar-refractivity contribution >= 4 is 28.9 Å². The molecule has 0 saturated carbocycles. The van der Waals surface area contributed by atoms with Gasteiger partial charge in [-0.3, -0.25) is 4.79 Å². The predicted octanol–water partition coefficient (Wildman–Crippen LogP) is 4.40. The molecular weight excluding hydrogens is 284 g/mol. The molecule has 2 rings (SSSR count). The van der Waals surface area contributed by atoms with E-state index >= 15 is 0 Å². The fourth-order valence-electron chi connectivity index (χ4n) is 2.19. The first-order valence-corrected chi connectivity index (χ1v) is 7.28. The van der Waals surface area contributed by atoms with Gasteiger partial charge in [-0.05, 0) is 55.3 Å². The minimum Gasteiger partial charge on any atom is -0.384 e. The Kier molecular flexibility index (Phi) is 5.23. The van der Waals surface area contributed by atoms with Gasteiger partial charge in [0.05, 0.1) is 0 Å². The van der Waals surface area contributed by atoms with Crippen molar-refractivity contribution in [3.05, 3.63) is 58.6 Å². The summed E-state index contributed by atoms with van der Waals surface area (Å²) in [7, 11) is 0. The molecule has 2 aromatic rings. The van der Waals surface area contributed by atoms with E-state index in [1.165, 1.54) is 0 Å².